The van der Waals surface area contributed by atoms with Crippen molar-refractivity contribution in [3.8, 4) is 0 Å². The third kappa shape index (κ3) is 36.3. The molecular formula is C50H92N8O18. The molecule has 1 fully saturated rings. The van der Waals surface area contributed by atoms with E-state index in [0.29, 0.717) is 45.8 Å². The van der Waals surface area contributed by atoms with Crippen molar-refractivity contribution in [2.24, 2.45) is 10.8 Å². The Morgan fingerprint density at radius 1 is 0.513 bits per heavy atom. The van der Waals surface area contributed by atoms with Crippen LogP contribution in [0.5, 0.6) is 0 Å². The van der Waals surface area contributed by atoms with Gasteiger partial charge in [0.15, 0.2) is 0 Å². The van der Waals surface area contributed by atoms with E-state index in [0.717, 1.165) is 0 Å². The van der Waals surface area contributed by atoms with Crippen molar-refractivity contribution in [2.45, 2.75) is 105 Å². The standard InChI is InChI=1S/C50H92N8O18/c1-48(2,3)76-47(70)54-38(11-9-10-15-51-41(60)14-26-74-35-50(6,7)37-75-36-49(4,5)34-71-8)45(67)53-17-28-73-30-29-72-27-16-52-40(59)13-12-39(46(68)69)58-24-22-56(32-43(63)64)20-18-55(31-42(61)62)19-21-57(23-25-58)33-44(65)66/h38-39H,9-37H2,1-8H3,(H,51,60)(H,52,59)(H,53,67)(H,54,70)(H,61,62)(H,63,64)(H,65,66)(H,68,69)/t38-,39?/m0/s1. The zero-order chi connectivity index (χ0) is 57.2. The van der Waals surface area contributed by atoms with E-state index in [1.165, 1.54) is 0 Å². The van der Waals surface area contributed by atoms with Crippen molar-refractivity contribution in [3.05, 3.63) is 0 Å². The molecule has 1 rings (SSSR count). The van der Waals surface area contributed by atoms with Crippen molar-refractivity contribution in [1.82, 2.24) is 40.9 Å². The molecule has 1 heterocycles. The monoisotopic (exact) mass is 1090 g/mol. The van der Waals surface area contributed by atoms with Crippen LogP contribution in [0.2, 0.25) is 0 Å². The molecule has 0 aromatic heterocycles. The van der Waals surface area contributed by atoms with Crippen LogP contribution in [0.25, 0.3) is 0 Å². The molecule has 8 N–H and O–H groups in total. The number of carbonyl (C=O) groups excluding carboxylic acids is 4. The molecule has 26 nitrogen and oxygen atoms in total. The van der Waals surface area contributed by atoms with Crippen LogP contribution in [-0.4, -0.2) is 264 Å². The molecule has 0 bridgehead atoms. The lowest BCUT2D eigenvalue weighted by atomic mass is 9.94. The third-order valence-corrected chi connectivity index (χ3v) is 11.5. The number of carbonyl (C=O) groups is 8. The van der Waals surface area contributed by atoms with E-state index in [1.54, 1.807) is 47.5 Å². The van der Waals surface area contributed by atoms with E-state index in [2.05, 4.69) is 35.1 Å². The summed E-state index contributed by atoms with van der Waals surface area (Å²) < 4.78 is 33.4. The highest BCUT2D eigenvalue weighted by molar-refractivity contribution is 5.85. The van der Waals surface area contributed by atoms with Gasteiger partial charge >= 0.3 is 30.0 Å². The molecule has 1 saturated heterocycles. The maximum Gasteiger partial charge on any atom is 0.408 e. The molecule has 1 aliphatic rings. The molecule has 0 radical (unpaired) electrons. The predicted octanol–water partition coefficient (Wildman–Crippen LogP) is 0.263. The summed E-state index contributed by atoms with van der Waals surface area (Å²) in [4.78, 5) is 105. The maximum absolute atomic E-state index is 13.1. The molecule has 440 valence electrons. The highest BCUT2D eigenvalue weighted by Gasteiger charge is 2.30. The number of carboxylic acid groups (broad SMARTS) is 4. The van der Waals surface area contributed by atoms with Crippen LogP contribution in [0.3, 0.4) is 0 Å². The Morgan fingerprint density at radius 3 is 1.46 bits per heavy atom. The van der Waals surface area contributed by atoms with Crippen molar-refractivity contribution in [1.29, 1.82) is 0 Å². The number of nitrogens with one attached hydrogen (secondary N) is 4. The first-order valence-corrected chi connectivity index (χ1v) is 26.1. The summed E-state index contributed by atoms with van der Waals surface area (Å²) in [6.07, 6.45) is 0.580. The average Bonchev–Trinajstić information content (AvgIpc) is 3.29. The van der Waals surface area contributed by atoms with Crippen molar-refractivity contribution < 1.29 is 87.2 Å². The van der Waals surface area contributed by atoms with Gasteiger partial charge in [-0.25, -0.2) is 4.79 Å². The summed E-state index contributed by atoms with van der Waals surface area (Å²) in [5, 5.41) is 49.6. The van der Waals surface area contributed by atoms with E-state index < -0.39 is 59.5 Å². The highest BCUT2D eigenvalue weighted by atomic mass is 16.6. The molecule has 0 aromatic carbocycles. The van der Waals surface area contributed by atoms with Gasteiger partial charge in [0, 0.05) is 103 Å². The van der Waals surface area contributed by atoms with Crippen molar-refractivity contribution >= 4 is 47.7 Å². The second kappa shape index (κ2) is 37.9. The summed E-state index contributed by atoms with van der Waals surface area (Å²) >= 11 is 0. The Morgan fingerprint density at radius 2 is 0.974 bits per heavy atom. The van der Waals surface area contributed by atoms with Gasteiger partial charge in [0.25, 0.3) is 0 Å². The van der Waals surface area contributed by atoms with E-state index in [9.17, 15) is 58.8 Å². The number of amides is 4. The number of aliphatic carboxylic acids is 4. The Bertz CT molecular complexity index is 1720. The molecule has 0 aliphatic carbocycles. The zero-order valence-corrected chi connectivity index (χ0v) is 46.5. The number of carboxylic acids is 4. The summed E-state index contributed by atoms with van der Waals surface area (Å²) in [6.45, 7) is 17.1. The molecule has 0 saturated carbocycles. The molecule has 26 heteroatoms. The Balaban J connectivity index is 2.51. The SMILES string of the molecule is COCC(C)(C)COCC(C)(C)COCCC(=O)NCCCC[C@H](NC(=O)OC(C)(C)C)C(=O)NCCOCCOCCNC(=O)CCC(C(=O)O)N1CCN(CC(=O)O)CCN(CC(=O)O)CCN(CC(=O)O)CC1. The molecule has 0 aromatic rings. The van der Waals surface area contributed by atoms with E-state index in [4.69, 9.17) is 28.4 Å². The van der Waals surface area contributed by atoms with Gasteiger partial charge in [0.05, 0.1) is 79.1 Å². The van der Waals surface area contributed by atoms with Gasteiger partial charge in [-0.3, -0.25) is 53.2 Å². The fourth-order valence-electron chi connectivity index (χ4n) is 7.78. The fourth-order valence-corrected chi connectivity index (χ4v) is 7.78. The molecule has 1 aliphatic heterocycles. The van der Waals surface area contributed by atoms with Gasteiger partial charge in [0.1, 0.15) is 17.7 Å². The number of hydrogen-bond acceptors (Lipinski definition) is 18. The van der Waals surface area contributed by atoms with Crippen LogP contribution in [0.15, 0.2) is 0 Å². The lowest BCUT2D eigenvalue weighted by Gasteiger charge is -2.35. The van der Waals surface area contributed by atoms with E-state index in [-0.39, 0.29) is 161 Å². The number of rotatable bonds is 38. The van der Waals surface area contributed by atoms with Gasteiger partial charge < -0.3 is 70.1 Å². The molecule has 0 spiro atoms. The minimum Gasteiger partial charge on any atom is -0.480 e. The first kappa shape index (κ1) is 69.2. The number of hydrogen-bond donors (Lipinski definition) is 8. The Labute approximate surface area is 448 Å². The van der Waals surface area contributed by atoms with Crippen molar-refractivity contribution in [3.63, 3.8) is 0 Å². The topological polar surface area (TPSA) is 334 Å². The van der Waals surface area contributed by atoms with Crippen LogP contribution < -0.4 is 21.3 Å². The summed E-state index contributed by atoms with van der Waals surface area (Å²) in [5.41, 5.74) is -1.11. The smallest absolute Gasteiger partial charge is 0.408 e. The second-order valence-electron chi connectivity index (χ2n) is 21.4. The van der Waals surface area contributed by atoms with Crippen LogP contribution in [0, 0.1) is 10.8 Å². The number of alkyl carbamates (subject to hydrolysis) is 1. The van der Waals surface area contributed by atoms with Crippen molar-refractivity contribution in [2.75, 3.05) is 158 Å². The first-order valence-electron chi connectivity index (χ1n) is 26.1. The highest BCUT2D eigenvalue weighted by Crippen LogP contribution is 2.21. The lowest BCUT2D eigenvalue weighted by molar-refractivity contribution is -0.145. The second-order valence-corrected chi connectivity index (χ2v) is 21.4. The Hall–Kier alpha value is -4.80. The lowest BCUT2D eigenvalue weighted by Crippen LogP contribution is -2.52. The summed E-state index contributed by atoms with van der Waals surface area (Å²) in [7, 11) is 1.66. The van der Waals surface area contributed by atoms with Gasteiger partial charge in [-0.2, -0.15) is 0 Å². The number of ether oxygens (including phenoxy) is 6. The molecular weight excluding hydrogens is 1000 g/mol. The Kier molecular flexibility index (Phi) is 34.5. The van der Waals surface area contributed by atoms with Crippen LogP contribution in [0.4, 0.5) is 4.79 Å². The fraction of sp³-hybridized carbons (Fsp3) is 0.840. The van der Waals surface area contributed by atoms with Gasteiger partial charge in [-0.05, 0) is 46.5 Å². The predicted molar refractivity (Wildman–Crippen MR) is 278 cm³/mol. The quantitative estimate of drug-likeness (QED) is 0.0385. The van der Waals surface area contributed by atoms with Crippen LogP contribution in [-0.2, 0) is 62.0 Å². The molecule has 4 amide bonds. The number of nitrogens with zero attached hydrogens (tertiary/aromatic N) is 4. The number of unbranched alkanes of at least 4 members (excludes halogenated alkanes) is 1. The van der Waals surface area contributed by atoms with Gasteiger partial charge in [-0.15, -0.1) is 0 Å². The summed E-state index contributed by atoms with van der Waals surface area (Å²) in [6, 6.07) is -2.05. The maximum atomic E-state index is 13.1. The molecule has 2 atom stereocenters. The van der Waals surface area contributed by atoms with Crippen LogP contribution >= 0.6 is 0 Å². The minimum absolute atomic E-state index is 0.0855. The van der Waals surface area contributed by atoms with Crippen LogP contribution in [0.1, 0.15) is 87.0 Å². The average molecular weight is 1090 g/mol. The van der Waals surface area contributed by atoms with E-state index in [1.807, 2.05) is 13.8 Å². The number of methoxy groups -OCH3 is 1. The first-order chi connectivity index (χ1) is 35.7. The van der Waals surface area contributed by atoms with E-state index >= 15 is 0 Å². The van der Waals surface area contributed by atoms with Gasteiger partial charge in [0.2, 0.25) is 17.7 Å². The summed E-state index contributed by atoms with van der Waals surface area (Å²) in [5.74, 6) is -5.52. The minimum atomic E-state index is -1.20. The molecule has 76 heavy (non-hydrogen) atoms. The molecule has 1 unspecified atom stereocenters. The zero-order valence-electron chi connectivity index (χ0n) is 46.5. The normalized spacial score (nSPS) is 15.8. The third-order valence-electron chi connectivity index (χ3n) is 11.5. The van der Waals surface area contributed by atoms with Gasteiger partial charge in [-0.1, -0.05) is 27.7 Å². The largest absolute Gasteiger partial charge is 0.480 e.